The third kappa shape index (κ3) is 14.9. The second kappa shape index (κ2) is 16.2. The Balaban J connectivity index is 3.16. The molecule has 1 aromatic carbocycles. The summed E-state index contributed by atoms with van der Waals surface area (Å²) in [7, 11) is 0. The topological polar surface area (TPSA) is 149 Å². The molecule has 0 aliphatic heterocycles. The van der Waals surface area contributed by atoms with Crippen molar-refractivity contribution in [1.82, 2.24) is 16.0 Å². The molecule has 0 bridgehead atoms. The summed E-state index contributed by atoms with van der Waals surface area (Å²) in [5.74, 6) is -1.47. The van der Waals surface area contributed by atoms with Crippen molar-refractivity contribution in [1.29, 1.82) is 0 Å². The molecule has 5 N–H and O–H groups in total. The van der Waals surface area contributed by atoms with Gasteiger partial charge in [0.2, 0.25) is 11.8 Å². The van der Waals surface area contributed by atoms with Crippen LogP contribution in [0.25, 0.3) is 0 Å². The second-order valence-electron chi connectivity index (χ2n) is 12.5. The molecular weight excluding hydrogens is 512 g/mol. The second-order valence-corrected chi connectivity index (χ2v) is 12.5. The molecule has 40 heavy (non-hydrogen) atoms. The molecule has 1 rings (SSSR count). The van der Waals surface area contributed by atoms with Gasteiger partial charge in [0.15, 0.2) is 0 Å². The molecule has 3 amide bonds. The number of nitrogens with two attached hydrogens (primary N) is 1. The monoisotopic (exact) mass is 562 g/mol. The van der Waals surface area contributed by atoms with E-state index in [4.69, 9.17) is 15.2 Å². The molecule has 0 fully saturated rings. The zero-order valence-electron chi connectivity index (χ0n) is 25.5. The number of hydrogen-bond acceptors (Lipinski definition) is 7. The summed E-state index contributed by atoms with van der Waals surface area (Å²) in [6.07, 6.45) is 1.37. The van der Waals surface area contributed by atoms with Gasteiger partial charge in [0.25, 0.3) is 0 Å². The Morgan fingerprint density at radius 2 is 1.32 bits per heavy atom. The lowest BCUT2D eigenvalue weighted by Crippen LogP contribution is -2.57. The quantitative estimate of drug-likeness (QED) is 0.200. The molecule has 0 heterocycles. The predicted molar refractivity (Wildman–Crippen MR) is 155 cm³/mol. The van der Waals surface area contributed by atoms with Crippen molar-refractivity contribution in [2.24, 2.45) is 11.7 Å². The average Bonchev–Trinajstić information content (AvgIpc) is 2.80. The average molecular weight is 563 g/mol. The van der Waals surface area contributed by atoms with Gasteiger partial charge in [-0.1, -0.05) is 44.2 Å². The molecule has 0 aliphatic rings. The molecule has 0 saturated heterocycles. The first kappa shape index (κ1) is 34.9. The van der Waals surface area contributed by atoms with Crippen molar-refractivity contribution in [2.75, 3.05) is 6.54 Å². The molecule has 0 unspecified atom stereocenters. The lowest BCUT2D eigenvalue weighted by atomic mass is 10.0. The maximum atomic E-state index is 13.5. The number of hydrogen-bond donors (Lipinski definition) is 4. The van der Waals surface area contributed by atoms with Gasteiger partial charge in [-0.25, -0.2) is 9.59 Å². The summed E-state index contributed by atoms with van der Waals surface area (Å²) in [5.41, 5.74) is 5.01. The highest BCUT2D eigenvalue weighted by atomic mass is 16.6. The molecule has 0 aliphatic carbocycles. The third-order valence-electron chi connectivity index (χ3n) is 5.58. The molecule has 0 spiro atoms. The van der Waals surface area contributed by atoms with Crippen LogP contribution < -0.4 is 21.7 Å². The van der Waals surface area contributed by atoms with Crippen molar-refractivity contribution in [3.63, 3.8) is 0 Å². The van der Waals surface area contributed by atoms with Crippen molar-refractivity contribution in [2.45, 2.75) is 117 Å². The van der Waals surface area contributed by atoms with Crippen molar-refractivity contribution in [3.05, 3.63) is 35.9 Å². The molecule has 3 atom stereocenters. The van der Waals surface area contributed by atoms with E-state index in [0.29, 0.717) is 32.2 Å². The van der Waals surface area contributed by atoms with Gasteiger partial charge in [-0.2, -0.15) is 0 Å². The summed E-state index contributed by atoms with van der Waals surface area (Å²) in [6.45, 7) is 14.8. The zero-order chi connectivity index (χ0) is 30.5. The fourth-order valence-corrected chi connectivity index (χ4v) is 3.87. The Morgan fingerprint density at radius 1 is 0.775 bits per heavy atom. The van der Waals surface area contributed by atoms with Gasteiger partial charge in [-0.3, -0.25) is 9.59 Å². The first-order chi connectivity index (χ1) is 18.5. The highest BCUT2D eigenvalue weighted by Crippen LogP contribution is 2.14. The SMILES string of the molecule is CC(C)C[C@H](NC(=O)[C@H](CCCCN)NC(=O)[C@H](Cc1ccccc1)NC(=O)OC(C)(C)C)C(=O)OC(C)(C)C. The Morgan fingerprint density at radius 3 is 1.85 bits per heavy atom. The van der Waals surface area contributed by atoms with Crippen molar-refractivity contribution >= 4 is 23.9 Å². The summed E-state index contributed by atoms with van der Waals surface area (Å²) in [5, 5.41) is 8.23. The minimum Gasteiger partial charge on any atom is -0.458 e. The van der Waals surface area contributed by atoms with Gasteiger partial charge in [0, 0.05) is 6.42 Å². The number of ether oxygens (including phenoxy) is 2. The standard InChI is InChI=1S/C30H50N4O6/c1-20(2)18-24(27(37)39-29(3,4)5)33-25(35)22(16-12-13-17-31)32-26(36)23(19-21-14-10-9-11-15-21)34-28(38)40-30(6,7)8/h9-11,14-15,20,22-24H,12-13,16-19,31H2,1-8H3,(H,32,36)(H,33,35)(H,34,38)/t22-,23-,24-/m0/s1. The normalized spacial score (nSPS) is 14.1. The van der Waals surface area contributed by atoms with E-state index in [2.05, 4.69) is 16.0 Å². The van der Waals surface area contributed by atoms with Crippen molar-refractivity contribution < 1.29 is 28.7 Å². The maximum absolute atomic E-state index is 13.5. The van der Waals surface area contributed by atoms with Crippen LogP contribution in [0.1, 0.15) is 86.6 Å². The largest absolute Gasteiger partial charge is 0.458 e. The Hall–Kier alpha value is -3.14. The van der Waals surface area contributed by atoms with E-state index in [1.54, 1.807) is 41.5 Å². The lowest BCUT2D eigenvalue weighted by molar-refractivity contribution is -0.159. The summed E-state index contributed by atoms with van der Waals surface area (Å²) in [4.78, 5) is 52.4. The van der Waals surface area contributed by atoms with E-state index < -0.39 is 53.2 Å². The number of carbonyl (C=O) groups is 4. The number of unbranched alkanes of at least 4 members (excludes halogenated alkanes) is 1. The first-order valence-electron chi connectivity index (χ1n) is 14.1. The molecule has 0 saturated carbocycles. The van der Waals surface area contributed by atoms with Crippen LogP contribution in [-0.2, 0) is 30.3 Å². The van der Waals surface area contributed by atoms with E-state index in [1.807, 2.05) is 44.2 Å². The maximum Gasteiger partial charge on any atom is 0.408 e. The van der Waals surface area contributed by atoms with Gasteiger partial charge >= 0.3 is 12.1 Å². The van der Waals surface area contributed by atoms with E-state index in [1.165, 1.54) is 0 Å². The van der Waals surface area contributed by atoms with Gasteiger partial charge in [0.05, 0.1) is 0 Å². The molecule has 10 heteroatoms. The van der Waals surface area contributed by atoms with Crippen LogP contribution in [0, 0.1) is 5.92 Å². The van der Waals surface area contributed by atoms with Crippen LogP contribution in [0.5, 0.6) is 0 Å². The summed E-state index contributed by atoms with van der Waals surface area (Å²) in [6, 6.07) is 6.41. The highest BCUT2D eigenvalue weighted by molar-refractivity contribution is 5.93. The molecular formula is C30H50N4O6. The fourth-order valence-electron chi connectivity index (χ4n) is 3.87. The number of benzene rings is 1. The van der Waals surface area contributed by atoms with Crippen molar-refractivity contribution in [3.8, 4) is 0 Å². The molecule has 0 aromatic heterocycles. The minimum absolute atomic E-state index is 0.108. The number of amides is 3. The zero-order valence-corrected chi connectivity index (χ0v) is 25.5. The van der Waals surface area contributed by atoms with Crippen LogP contribution in [0.2, 0.25) is 0 Å². The van der Waals surface area contributed by atoms with E-state index >= 15 is 0 Å². The van der Waals surface area contributed by atoms with Gasteiger partial charge in [-0.15, -0.1) is 0 Å². The molecule has 10 nitrogen and oxygen atoms in total. The Bertz CT molecular complexity index is 953. The Kier molecular flexibility index (Phi) is 14.1. The summed E-state index contributed by atoms with van der Waals surface area (Å²) < 4.78 is 10.9. The minimum atomic E-state index is -1.00. The van der Waals surface area contributed by atoms with Gasteiger partial charge in [0.1, 0.15) is 29.3 Å². The lowest BCUT2D eigenvalue weighted by Gasteiger charge is -2.28. The number of rotatable bonds is 14. The van der Waals surface area contributed by atoms with Crippen LogP contribution >= 0.6 is 0 Å². The number of alkyl carbamates (subject to hydrolysis) is 1. The molecule has 0 radical (unpaired) electrons. The smallest absolute Gasteiger partial charge is 0.408 e. The number of nitrogens with one attached hydrogen (secondary N) is 3. The van der Waals surface area contributed by atoms with E-state index in [0.717, 1.165) is 5.56 Å². The van der Waals surface area contributed by atoms with Crippen LogP contribution in [0.3, 0.4) is 0 Å². The van der Waals surface area contributed by atoms with E-state index in [9.17, 15) is 19.2 Å². The molecule has 1 aromatic rings. The molecule has 226 valence electrons. The van der Waals surface area contributed by atoms with E-state index in [-0.39, 0.29) is 12.3 Å². The number of carbonyl (C=O) groups excluding carboxylic acids is 4. The van der Waals surface area contributed by atoms with Gasteiger partial charge in [-0.05, 0) is 85.3 Å². The number of esters is 1. The van der Waals surface area contributed by atoms with Crippen LogP contribution in [0.15, 0.2) is 30.3 Å². The third-order valence-corrected chi connectivity index (χ3v) is 5.58. The van der Waals surface area contributed by atoms with Crippen LogP contribution in [-0.4, -0.2) is 59.7 Å². The van der Waals surface area contributed by atoms with Crippen LogP contribution in [0.4, 0.5) is 4.79 Å². The summed E-state index contributed by atoms with van der Waals surface area (Å²) >= 11 is 0. The fraction of sp³-hybridized carbons (Fsp3) is 0.667. The predicted octanol–water partition coefficient (Wildman–Crippen LogP) is 3.61. The Labute approximate surface area is 239 Å². The first-order valence-corrected chi connectivity index (χ1v) is 14.1. The van der Waals surface area contributed by atoms with Gasteiger partial charge < -0.3 is 31.2 Å². The highest BCUT2D eigenvalue weighted by Gasteiger charge is 2.32.